The fourth-order valence-corrected chi connectivity index (χ4v) is 3.25. The molecule has 29 heavy (non-hydrogen) atoms. The van der Waals surface area contributed by atoms with Crippen LogP contribution in [0.2, 0.25) is 0 Å². The molecular weight excluding hydrogens is 384 g/mol. The van der Waals surface area contributed by atoms with Gasteiger partial charge < -0.3 is 44.5 Å². The average Bonchev–Trinajstić information content (AvgIpc) is 3.11. The lowest BCUT2D eigenvalue weighted by Gasteiger charge is -2.39. The van der Waals surface area contributed by atoms with E-state index in [0.29, 0.717) is 16.9 Å². The summed E-state index contributed by atoms with van der Waals surface area (Å²) < 4.78 is 16.6. The highest BCUT2D eigenvalue weighted by Gasteiger charge is 2.44. The van der Waals surface area contributed by atoms with Gasteiger partial charge in [-0.1, -0.05) is 0 Å². The zero-order valence-electron chi connectivity index (χ0n) is 15.0. The predicted molar refractivity (Wildman–Crippen MR) is 99.4 cm³/mol. The molecule has 154 valence electrons. The Kier molecular flexibility index (Phi) is 5.07. The highest BCUT2D eigenvalue weighted by molar-refractivity contribution is 5.84. The molecule has 0 saturated carbocycles. The second-order valence-corrected chi connectivity index (χ2v) is 6.86. The Balaban J connectivity index is 1.62. The third-order valence-corrected chi connectivity index (χ3v) is 4.78. The molecule has 1 aromatic heterocycles. The first-order valence-electron chi connectivity index (χ1n) is 8.90. The molecule has 2 aromatic carbocycles. The Bertz CT molecular complexity index is 1010. The van der Waals surface area contributed by atoms with Crippen molar-refractivity contribution in [3.8, 4) is 28.6 Å². The Morgan fingerprint density at radius 2 is 1.66 bits per heavy atom. The summed E-state index contributed by atoms with van der Waals surface area (Å²) in [5.41, 5.74) is 0.917. The molecule has 0 spiro atoms. The van der Waals surface area contributed by atoms with Crippen molar-refractivity contribution < 1.29 is 44.5 Å². The van der Waals surface area contributed by atoms with Crippen LogP contribution in [-0.2, 0) is 4.74 Å². The third kappa shape index (κ3) is 3.74. The van der Waals surface area contributed by atoms with Crippen molar-refractivity contribution in [2.45, 2.75) is 30.7 Å². The topological polar surface area (TPSA) is 153 Å². The molecule has 5 atom stereocenters. The van der Waals surface area contributed by atoms with Gasteiger partial charge in [0.1, 0.15) is 53.0 Å². The smallest absolute Gasteiger partial charge is 0.229 e. The molecule has 0 amide bonds. The second-order valence-electron chi connectivity index (χ2n) is 6.86. The molecule has 2 heterocycles. The van der Waals surface area contributed by atoms with Gasteiger partial charge >= 0.3 is 0 Å². The lowest BCUT2D eigenvalue weighted by atomic mass is 9.99. The van der Waals surface area contributed by atoms with Crippen LogP contribution < -0.4 is 4.74 Å². The number of fused-ring (bicyclic) bond motifs is 1. The van der Waals surface area contributed by atoms with Crippen LogP contribution in [0.5, 0.6) is 17.2 Å². The number of benzene rings is 2. The van der Waals surface area contributed by atoms with E-state index in [0.717, 1.165) is 5.39 Å². The highest BCUT2D eigenvalue weighted by Crippen LogP contribution is 2.35. The summed E-state index contributed by atoms with van der Waals surface area (Å²) in [5.74, 6) is 0.416. The number of aliphatic hydroxyl groups is 4. The van der Waals surface area contributed by atoms with Gasteiger partial charge in [-0.2, -0.15) is 0 Å². The fourth-order valence-electron chi connectivity index (χ4n) is 3.25. The second kappa shape index (κ2) is 7.54. The summed E-state index contributed by atoms with van der Waals surface area (Å²) in [6.07, 6.45) is -7.15. The monoisotopic (exact) mass is 404 g/mol. The standard InChI is InChI=1S/C20H20O9/c21-8-16-17(24)18(25)19(26)20(29-16)27-13-4-10(3-12(23)6-13)14-5-9-1-2-11(22)7-15(9)28-14/h1-7,16-26H,8H2/t16-,17-,18+,19-,20-/m1/s1. The summed E-state index contributed by atoms with van der Waals surface area (Å²) in [7, 11) is 0. The maximum atomic E-state index is 10.1. The third-order valence-electron chi connectivity index (χ3n) is 4.78. The summed E-state index contributed by atoms with van der Waals surface area (Å²) >= 11 is 0. The molecule has 6 N–H and O–H groups in total. The van der Waals surface area contributed by atoms with Gasteiger partial charge in [-0.3, -0.25) is 0 Å². The van der Waals surface area contributed by atoms with Crippen LogP contribution in [0.3, 0.4) is 0 Å². The Morgan fingerprint density at radius 1 is 0.862 bits per heavy atom. The molecule has 1 fully saturated rings. The van der Waals surface area contributed by atoms with Crippen molar-refractivity contribution in [3.63, 3.8) is 0 Å². The quantitative estimate of drug-likeness (QED) is 0.369. The Hall–Kier alpha value is -2.82. The van der Waals surface area contributed by atoms with Gasteiger partial charge in [0.2, 0.25) is 6.29 Å². The summed E-state index contributed by atoms with van der Waals surface area (Å²) in [6.45, 7) is -0.581. The van der Waals surface area contributed by atoms with Crippen LogP contribution in [0, 0.1) is 0 Å². The molecule has 1 saturated heterocycles. The van der Waals surface area contributed by atoms with Crippen LogP contribution in [0.25, 0.3) is 22.3 Å². The van der Waals surface area contributed by atoms with Gasteiger partial charge in [-0.05, 0) is 30.3 Å². The van der Waals surface area contributed by atoms with Crippen molar-refractivity contribution >= 4 is 11.0 Å². The number of hydrogen-bond donors (Lipinski definition) is 6. The first-order chi connectivity index (χ1) is 13.9. The number of aliphatic hydroxyl groups excluding tert-OH is 4. The zero-order valence-corrected chi connectivity index (χ0v) is 15.0. The average molecular weight is 404 g/mol. The molecule has 4 rings (SSSR count). The molecule has 1 aliphatic heterocycles. The number of rotatable bonds is 4. The number of phenolic OH excluding ortho intramolecular Hbond substituents is 2. The van der Waals surface area contributed by atoms with Gasteiger partial charge in [-0.15, -0.1) is 0 Å². The first kappa shape index (κ1) is 19.5. The summed E-state index contributed by atoms with van der Waals surface area (Å²) in [4.78, 5) is 0. The van der Waals surface area contributed by atoms with Crippen LogP contribution in [0.15, 0.2) is 46.9 Å². The van der Waals surface area contributed by atoms with Crippen molar-refractivity contribution in [2.24, 2.45) is 0 Å². The van der Waals surface area contributed by atoms with Crippen LogP contribution in [0.1, 0.15) is 0 Å². The maximum absolute atomic E-state index is 10.1. The fraction of sp³-hybridized carbons (Fsp3) is 0.300. The molecule has 3 aromatic rings. The minimum Gasteiger partial charge on any atom is -0.508 e. The normalized spacial score (nSPS) is 27.2. The van der Waals surface area contributed by atoms with E-state index in [1.165, 1.54) is 30.3 Å². The Labute approximate surface area is 164 Å². The lowest BCUT2D eigenvalue weighted by Crippen LogP contribution is -2.60. The van der Waals surface area contributed by atoms with E-state index in [2.05, 4.69) is 0 Å². The maximum Gasteiger partial charge on any atom is 0.229 e. The van der Waals surface area contributed by atoms with Gasteiger partial charge in [-0.25, -0.2) is 0 Å². The molecule has 0 radical (unpaired) electrons. The largest absolute Gasteiger partial charge is 0.508 e. The summed E-state index contributed by atoms with van der Waals surface area (Å²) in [5, 5.41) is 59.5. The van der Waals surface area contributed by atoms with Crippen LogP contribution >= 0.6 is 0 Å². The van der Waals surface area contributed by atoms with E-state index >= 15 is 0 Å². The molecule has 9 nitrogen and oxygen atoms in total. The van der Waals surface area contributed by atoms with E-state index in [9.17, 15) is 30.6 Å². The predicted octanol–water partition coefficient (Wildman–Crippen LogP) is 0.690. The highest BCUT2D eigenvalue weighted by atomic mass is 16.7. The molecule has 0 bridgehead atoms. The number of hydrogen-bond acceptors (Lipinski definition) is 9. The minimum absolute atomic E-state index is 0.0564. The zero-order chi connectivity index (χ0) is 20.7. The van der Waals surface area contributed by atoms with Gasteiger partial charge in [0.05, 0.1) is 6.61 Å². The van der Waals surface area contributed by atoms with E-state index in [-0.39, 0.29) is 17.2 Å². The molecule has 1 aliphatic rings. The minimum atomic E-state index is -1.58. The summed E-state index contributed by atoms with van der Waals surface area (Å²) in [6, 6.07) is 10.6. The van der Waals surface area contributed by atoms with E-state index in [1.807, 2.05) is 0 Å². The first-order valence-corrected chi connectivity index (χ1v) is 8.90. The molecule has 0 unspecified atom stereocenters. The lowest BCUT2D eigenvalue weighted by molar-refractivity contribution is -0.277. The van der Waals surface area contributed by atoms with Crippen LogP contribution in [-0.4, -0.2) is 68.0 Å². The molecule has 9 heteroatoms. The van der Waals surface area contributed by atoms with E-state index in [1.54, 1.807) is 12.1 Å². The molecular formula is C20H20O9. The van der Waals surface area contributed by atoms with Crippen molar-refractivity contribution in [1.29, 1.82) is 0 Å². The van der Waals surface area contributed by atoms with Gasteiger partial charge in [0, 0.05) is 23.1 Å². The van der Waals surface area contributed by atoms with Gasteiger partial charge in [0.15, 0.2) is 0 Å². The SMILES string of the molecule is OC[C@H]1O[C@@H](Oc2cc(O)cc(-c3cc4ccc(O)cc4o3)c2)[C@H](O)[C@@H](O)[C@@H]1O. The van der Waals surface area contributed by atoms with Crippen LogP contribution in [0.4, 0.5) is 0 Å². The van der Waals surface area contributed by atoms with Crippen molar-refractivity contribution in [2.75, 3.05) is 6.61 Å². The number of phenols is 2. The van der Waals surface area contributed by atoms with Crippen molar-refractivity contribution in [1.82, 2.24) is 0 Å². The number of furan rings is 1. The number of ether oxygens (including phenoxy) is 2. The number of aromatic hydroxyl groups is 2. The van der Waals surface area contributed by atoms with Crippen molar-refractivity contribution in [3.05, 3.63) is 42.5 Å². The molecule has 0 aliphatic carbocycles. The van der Waals surface area contributed by atoms with Gasteiger partial charge in [0.25, 0.3) is 0 Å². The van der Waals surface area contributed by atoms with E-state index in [4.69, 9.17) is 13.9 Å². The van der Waals surface area contributed by atoms with E-state index < -0.39 is 37.3 Å². The Morgan fingerprint density at radius 3 is 2.41 bits per heavy atom.